The average molecular weight is 255 g/mol. The van der Waals surface area contributed by atoms with Crippen LogP contribution in [0.15, 0.2) is 12.3 Å². The van der Waals surface area contributed by atoms with Crippen LogP contribution in [0.3, 0.4) is 0 Å². The summed E-state index contributed by atoms with van der Waals surface area (Å²) in [7, 11) is 0. The molecule has 1 fully saturated rings. The lowest BCUT2D eigenvalue weighted by atomic mass is 10.2. The Morgan fingerprint density at radius 1 is 1.50 bits per heavy atom. The Hall–Kier alpha value is -1.23. The normalized spacial score (nSPS) is 19.5. The zero-order valence-corrected chi connectivity index (χ0v) is 10.8. The zero-order chi connectivity index (χ0) is 13.1. The van der Waals surface area contributed by atoms with Gasteiger partial charge in [0.2, 0.25) is 0 Å². The second kappa shape index (κ2) is 5.61. The lowest BCUT2D eigenvalue weighted by Crippen LogP contribution is -2.42. The van der Waals surface area contributed by atoms with Gasteiger partial charge in [0.1, 0.15) is 5.82 Å². The molecule has 1 aromatic rings. The number of anilines is 1. The molecule has 5 heteroatoms. The Bertz CT molecular complexity index is 403. The smallest absolute Gasteiger partial charge is 0.168 e. The Kier molecular flexibility index (Phi) is 4.11. The highest BCUT2D eigenvalue weighted by molar-refractivity contribution is 5.41. The predicted octanol–water partition coefficient (Wildman–Crippen LogP) is 2.33. The zero-order valence-electron chi connectivity index (χ0n) is 10.8. The second-order valence-corrected chi connectivity index (χ2v) is 5.00. The third-order valence-electron chi connectivity index (χ3n) is 3.26. The number of hydrogen-bond donors (Lipinski definition) is 1. The van der Waals surface area contributed by atoms with Crippen molar-refractivity contribution < 1.29 is 8.78 Å². The molecule has 0 amide bonds. The maximum absolute atomic E-state index is 13.8. The first-order valence-corrected chi connectivity index (χ1v) is 6.39. The first-order valence-electron chi connectivity index (χ1n) is 6.39. The summed E-state index contributed by atoms with van der Waals surface area (Å²) in [6.45, 7) is 5.68. The summed E-state index contributed by atoms with van der Waals surface area (Å²) >= 11 is 0. The van der Waals surface area contributed by atoms with Crippen molar-refractivity contribution in [1.29, 1.82) is 0 Å². The summed E-state index contributed by atoms with van der Waals surface area (Å²) in [5.74, 6) is -0.999. The van der Waals surface area contributed by atoms with Gasteiger partial charge in [0.25, 0.3) is 0 Å². The molecule has 1 unspecified atom stereocenters. The Balaban J connectivity index is 2.17. The first-order chi connectivity index (χ1) is 8.58. The number of nitrogens with one attached hydrogen (secondary N) is 1. The summed E-state index contributed by atoms with van der Waals surface area (Å²) in [5.41, 5.74) is 0. The summed E-state index contributed by atoms with van der Waals surface area (Å²) in [4.78, 5) is 5.78. The van der Waals surface area contributed by atoms with Crippen molar-refractivity contribution in [2.45, 2.75) is 38.8 Å². The molecule has 2 heterocycles. The van der Waals surface area contributed by atoms with E-state index >= 15 is 0 Å². The molecule has 1 atom stereocenters. The van der Waals surface area contributed by atoms with Crippen molar-refractivity contribution in [3.05, 3.63) is 23.9 Å². The Morgan fingerprint density at radius 3 is 2.83 bits per heavy atom. The van der Waals surface area contributed by atoms with Crippen molar-refractivity contribution in [3.8, 4) is 0 Å². The largest absolute Gasteiger partial charge is 0.350 e. The van der Waals surface area contributed by atoms with Crippen LogP contribution in [0, 0.1) is 11.6 Å². The third kappa shape index (κ3) is 2.96. The standard InChI is InChI=1S/C13H19F2N3/c1-9(2)18(8-11-4-3-5-16-11)13-12(15)6-10(14)7-17-13/h6-7,9,11,16H,3-5,8H2,1-2H3. The molecule has 1 saturated heterocycles. The fourth-order valence-electron chi connectivity index (χ4n) is 2.31. The molecule has 1 aliphatic rings. The van der Waals surface area contributed by atoms with E-state index in [0.29, 0.717) is 12.6 Å². The number of nitrogens with zero attached hydrogens (tertiary/aromatic N) is 2. The fraction of sp³-hybridized carbons (Fsp3) is 0.615. The van der Waals surface area contributed by atoms with Crippen LogP contribution in [0.5, 0.6) is 0 Å². The van der Waals surface area contributed by atoms with Crippen LogP contribution < -0.4 is 10.2 Å². The molecule has 2 rings (SSSR count). The fourth-order valence-corrected chi connectivity index (χ4v) is 2.31. The Morgan fingerprint density at radius 2 is 2.28 bits per heavy atom. The topological polar surface area (TPSA) is 28.2 Å². The number of aromatic nitrogens is 1. The van der Waals surface area contributed by atoms with E-state index in [2.05, 4.69) is 10.3 Å². The van der Waals surface area contributed by atoms with Gasteiger partial charge in [0.05, 0.1) is 6.20 Å². The monoisotopic (exact) mass is 255 g/mol. The van der Waals surface area contributed by atoms with Crippen molar-refractivity contribution in [3.63, 3.8) is 0 Å². The van der Waals surface area contributed by atoms with Gasteiger partial charge in [-0.2, -0.15) is 0 Å². The van der Waals surface area contributed by atoms with Gasteiger partial charge in [-0.25, -0.2) is 13.8 Å². The maximum atomic E-state index is 13.8. The summed E-state index contributed by atoms with van der Waals surface area (Å²) < 4.78 is 26.7. The minimum absolute atomic E-state index is 0.125. The number of halogens is 2. The lowest BCUT2D eigenvalue weighted by Gasteiger charge is -2.30. The maximum Gasteiger partial charge on any atom is 0.168 e. The van der Waals surface area contributed by atoms with Crippen LogP contribution in [0.4, 0.5) is 14.6 Å². The molecule has 0 saturated carbocycles. The van der Waals surface area contributed by atoms with Crippen molar-refractivity contribution in [2.24, 2.45) is 0 Å². The van der Waals surface area contributed by atoms with Crippen LogP contribution in [0.2, 0.25) is 0 Å². The number of pyridine rings is 1. The summed E-state index contributed by atoms with van der Waals surface area (Å²) in [5, 5.41) is 3.38. The van der Waals surface area contributed by atoms with E-state index in [1.54, 1.807) is 0 Å². The van der Waals surface area contributed by atoms with Gasteiger partial charge < -0.3 is 10.2 Å². The van der Waals surface area contributed by atoms with E-state index in [0.717, 1.165) is 31.6 Å². The summed E-state index contributed by atoms with van der Waals surface area (Å²) in [6, 6.07) is 1.37. The van der Waals surface area contributed by atoms with Crippen molar-refractivity contribution in [1.82, 2.24) is 10.3 Å². The predicted molar refractivity (Wildman–Crippen MR) is 67.7 cm³/mol. The van der Waals surface area contributed by atoms with Gasteiger partial charge in [-0.1, -0.05) is 0 Å². The van der Waals surface area contributed by atoms with E-state index in [9.17, 15) is 8.78 Å². The minimum Gasteiger partial charge on any atom is -0.350 e. The number of rotatable bonds is 4. The molecule has 0 bridgehead atoms. The molecular formula is C13H19F2N3. The molecule has 0 spiro atoms. The summed E-state index contributed by atoms with van der Waals surface area (Å²) in [6.07, 6.45) is 3.30. The van der Waals surface area contributed by atoms with Crippen LogP contribution in [-0.2, 0) is 0 Å². The molecule has 0 aliphatic carbocycles. The average Bonchev–Trinajstić information content (AvgIpc) is 2.79. The van der Waals surface area contributed by atoms with E-state index in [1.165, 1.54) is 0 Å². The molecule has 0 radical (unpaired) electrons. The third-order valence-corrected chi connectivity index (χ3v) is 3.26. The van der Waals surface area contributed by atoms with E-state index in [4.69, 9.17) is 0 Å². The van der Waals surface area contributed by atoms with E-state index < -0.39 is 11.6 Å². The first kappa shape index (κ1) is 13.2. The van der Waals surface area contributed by atoms with Gasteiger partial charge >= 0.3 is 0 Å². The molecule has 1 N–H and O–H groups in total. The van der Waals surface area contributed by atoms with E-state index in [1.807, 2.05) is 18.7 Å². The van der Waals surface area contributed by atoms with Crippen LogP contribution in [0.25, 0.3) is 0 Å². The van der Waals surface area contributed by atoms with Gasteiger partial charge in [-0.15, -0.1) is 0 Å². The quantitative estimate of drug-likeness (QED) is 0.895. The second-order valence-electron chi connectivity index (χ2n) is 5.00. The SMILES string of the molecule is CC(C)N(CC1CCCN1)c1ncc(F)cc1F. The lowest BCUT2D eigenvalue weighted by molar-refractivity contribution is 0.523. The minimum atomic E-state index is -0.640. The molecule has 100 valence electrons. The molecule has 3 nitrogen and oxygen atoms in total. The van der Waals surface area contributed by atoms with Crippen molar-refractivity contribution in [2.75, 3.05) is 18.0 Å². The molecule has 1 aromatic heterocycles. The Labute approximate surface area is 106 Å². The van der Waals surface area contributed by atoms with Gasteiger partial charge in [0, 0.05) is 24.7 Å². The van der Waals surface area contributed by atoms with E-state index in [-0.39, 0.29) is 11.9 Å². The van der Waals surface area contributed by atoms with Crippen LogP contribution in [-0.4, -0.2) is 30.2 Å². The van der Waals surface area contributed by atoms with Gasteiger partial charge in [-0.3, -0.25) is 0 Å². The van der Waals surface area contributed by atoms with Gasteiger partial charge in [0.15, 0.2) is 11.6 Å². The van der Waals surface area contributed by atoms with Crippen LogP contribution >= 0.6 is 0 Å². The molecular weight excluding hydrogens is 236 g/mol. The van der Waals surface area contributed by atoms with Gasteiger partial charge in [-0.05, 0) is 33.2 Å². The molecule has 0 aromatic carbocycles. The molecule has 1 aliphatic heterocycles. The highest BCUT2D eigenvalue weighted by atomic mass is 19.1. The van der Waals surface area contributed by atoms with Crippen molar-refractivity contribution >= 4 is 5.82 Å². The molecule has 18 heavy (non-hydrogen) atoms. The van der Waals surface area contributed by atoms with Crippen LogP contribution in [0.1, 0.15) is 26.7 Å². The highest BCUT2D eigenvalue weighted by Gasteiger charge is 2.23. The number of hydrogen-bond acceptors (Lipinski definition) is 3. The highest BCUT2D eigenvalue weighted by Crippen LogP contribution is 2.21.